The van der Waals surface area contributed by atoms with E-state index in [1.54, 1.807) is 0 Å². The van der Waals surface area contributed by atoms with Crippen LogP contribution in [0.15, 0.2) is 97.1 Å². The van der Waals surface area contributed by atoms with Gasteiger partial charge in [0.15, 0.2) is 10.8 Å². The molecule has 0 spiro atoms. The Kier molecular flexibility index (Phi) is 11.9. The molecule has 1 atom stereocenters. The van der Waals surface area contributed by atoms with Gasteiger partial charge in [-0.25, -0.2) is 14.8 Å². The average Bonchev–Trinajstić information content (AvgIpc) is 3.60. The van der Waals surface area contributed by atoms with E-state index < -0.39 is 11.6 Å². The monoisotopic (exact) mass is 796 g/mol. The third kappa shape index (κ3) is 9.37. The van der Waals surface area contributed by atoms with Gasteiger partial charge in [0, 0.05) is 30.6 Å². The molecule has 0 unspecified atom stereocenters. The summed E-state index contributed by atoms with van der Waals surface area (Å²) in [5.74, 6) is 1.14. The third-order valence-electron chi connectivity index (χ3n) is 9.96. The van der Waals surface area contributed by atoms with Crippen LogP contribution in [0, 0.1) is 12.8 Å². The number of ether oxygens (including phenoxy) is 3. The molecule has 0 saturated heterocycles. The number of thiazole rings is 1. The van der Waals surface area contributed by atoms with Gasteiger partial charge in [-0.3, -0.25) is 14.9 Å². The minimum atomic E-state index is -0.746. The van der Waals surface area contributed by atoms with E-state index in [0.717, 1.165) is 44.5 Å². The molecule has 1 amide bonds. The van der Waals surface area contributed by atoms with Gasteiger partial charge in [-0.15, -0.1) is 0 Å². The fourth-order valence-electron chi connectivity index (χ4n) is 7.22. The molecule has 1 N–H and O–H groups in total. The number of benzene rings is 4. The molecular weight excluding hydrogens is 749 g/mol. The molecule has 0 fully saturated rings. The predicted molar refractivity (Wildman–Crippen MR) is 229 cm³/mol. The van der Waals surface area contributed by atoms with Crippen molar-refractivity contribution in [3.63, 3.8) is 0 Å². The first-order valence-electron chi connectivity index (χ1n) is 19.6. The zero-order chi connectivity index (χ0) is 41.0. The Morgan fingerprint density at radius 3 is 2.43 bits per heavy atom. The fraction of sp³-hybridized carbons (Fsp3) is 0.298. The van der Waals surface area contributed by atoms with Gasteiger partial charge in [0.1, 0.15) is 22.9 Å². The smallest absolute Gasteiger partial charge is 0.358 e. The molecule has 2 aromatic heterocycles. The Morgan fingerprint density at radius 1 is 0.897 bits per heavy atom. The van der Waals surface area contributed by atoms with Crippen LogP contribution in [0.3, 0.4) is 0 Å². The maximum Gasteiger partial charge on any atom is 0.358 e. The summed E-state index contributed by atoms with van der Waals surface area (Å²) >= 11 is 1.44. The van der Waals surface area contributed by atoms with Gasteiger partial charge in [-0.05, 0) is 130 Å². The van der Waals surface area contributed by atoms with E-state index >= 15 is 0 Å². The second-order valence-electron chi connectivity index (χ2n) is 15.6. The Bertz CT molecular complexity index is 2440. The average molecular weight is 797 g/mol. The molecule has 58 heavy (non-hydrogen) atoms. The lowest BCUT2D eigenvalue weighted by atomic mass is 9.94. The molecule has 7 rings (SSSR count). The van der Waals surface area contributed by atoms with Crippen LogP contribution in [-0.4, -0.2) is 46.6 Å². The highest BCUT2D eigenvalue weighted by Gasteiger charge is 2.28. The normalized spacial score (nSPS) is 13.1. The minimum Gasteiger partial charge on any atom is -0.466 e. The van der Waals surface area contributed by atoms with E-state index in [1.165, 1.54) is 11.3 Å². The van der Waals surface area contributed by atoms with Crippen molar-refractivity contribution >= 4 is 50.3 Å². The van der Waals surface area contributed by atoms with Crippen LogP contribution < -0.4 is 15.0 Å². The van der Waals surface area contributed by atoms with Crippen LogP contribution in [0.4, 0.5) is 10.9 Å². The van der Waals surface area contributed by atoms with Gasteiger partial charge in [-0.1, -0.05) is 66.8 Å². The van der Waals surface area contributed by atoms with Crippen molar-refractivity contribution in [1.82, 2.24) is 9.97 Å². The number of rotatable bonds is 12. The summed E-state index contributed by atoms with van der Waals surface area (Å²) in [4.78, 5) is 51.2. The van der Waals surface area contributed by atoms with E-state index in [4.69, 9.17) is 19.2 Å². The SMILES string of the molecule is CCOC(=O)C[C@@H](C)Cc1ccc(Oc2cccc(-c3ccc(N4CCc5cccc(C(=O)Nc6nc7ccccc7s6)c5C4)nc3C(=O)OC(C)(C)C)c2C)cc1. The minimum absolute atomic E-state index is 0.148. The lowest BCUT2D eigenvalue weighted by molar-refractivity contribution is -0.144. The number of fused-ring (bicyclic) bond motifs is 2. The first kappa shape index (κ1) is 40.1. The lowest BCUT2D eigenvalue weighted by Crippen LogP contribution is -2.33. The molecule has 0 aliphatic carbocycles. The maximum absolute atomic E-state index is 13.9. The summed E-state index contributed by atoms with van der Waals surface area (Å²) < 4.78 is 18.4. The van der Waals surface area contributed by atoms with Gasteiger partial charge < -0.3 is 19.1 Å². The molecule has 10 nitrogen and oxygen atoms in total. The Morgan fingerprint density at radius 2 is 1.67 bits per heavy atom. The molecule has 0 bridgehead atoms. The van der Waals surface area contributed by atoms with E-state index in [1.807, 2.05) is 133 Å². The highest BCUT2D eigenvalue weighted by atomic mass is 32.1. The van der Waals surface area contributed by atoms with E-state index in [-0.39, 0.29) is 23.5 Å². The zero-order valence-corrected chi connectivity index (χ0v) is 34.6. The number of pyridine rings is 1. The molecule has 3 heterocycles. The predicted octanol–water partition coefficient (Wildman–Crippen LogP) is 10.4. The highest BCUT2D eigenvalue weighted by molar-refractivity contribution is 7.22. The van der Waals surface area contributed by atoms with Crippen LogP contribution in [-0.2, 0) is 33.7 Å². The summed E-state index contributed by atoms with van der Waals surface area (Å²) in [6, 6.07) is 31.1. The number of hydrogen-bond donors (Lipinski definition) is 1. The number of carbonyl (C=O) groups excluding carboxylic acids is 3. The van der Waals surface area contributed by atoms with Crippen molar-refractivity contribution in [2.24, 2.45) is 5.92 Å². The molecule has 1 aliphatic heterocycles. The Labute approximate surface area is 343 Å². The lowest BCUT2D eigenvalue weighted by Gasteiger charge is -2.31. The number of nitrogens with one attached hydrogen (secondary N) is 1. The van der Waals surface area contributed by atoms with E-state index in [9.17, 15) is 14.4 Å². The number of hydrogen-bond acceptors (Lipinski definition) is 10. The topological polar surface area (TPSA) is 120 Å². The first-order valence-corrected chi connectivity index (χ1v) is 20.5. The van der Waals surface area contributed by atoms with Crippen LogP contribution in [0.25, 0.3) is 21.3 Å². The largest absolute Gasteiger partial charge is 0.466 e. The van der Waals surface area contributed by atoms with E-state index in [0.29, 0.717) is 66.1 Å². The van der Waals surface area contributed by atoms with Crippen molar-refractivity contribution in [3.05, 3.63) is 131 Å². The van der Waals surface area contributed by atoms with Crippen molar-refractivity contribution in [2.75, 3.05) is 23.4 Å². The highest BCUT2D eigenvalue weighted by Crippen LogP contribution is 2.37. The molecule has 6 aromatic rings. The molecule has 1 aliphatic rings. The second-order valence-corrected chi connectivity index (χ2v) is 16.6. The maximum atomic E-state index is 13.9. The van der Waals surface area contributed by atoms with Crippen molar-refractivity contribution in [1.29, 1.82) is 0 Å². The van der Waals surface area contributed by atoms with Crippen LogP contribution >= 0.6 is 11.3 Å². The number of aromatic nitrogens is 2. The van der Waals surface area contributed by atoms with Gasteiger partial charge in [-0.2, -0.15) is 0 Å². The summed E-state index contributed by atoms with van der Waals surface area (Å²) in [5, 5.41) is 3.56. The number of anilines is 2. The number of esters is 2. The van der Waals surface area contributed by atoms with Crippen molar-refractivity contribution in [2.45, 2.75) is 73.0 Å². The van der Waals surface area contributed by atoms with E-state index in [2.05, 4.69) is 21.3 Å². The van der Waals surface area contributed by atoms with Crippen molar-refractivity contribution in [3.8, 4) is 22.6 Å². The van der Waals surface area contributed by atoms with Gasteiger partial charge >= 0.3 is 11.9 Å². The van der Waals surface area contributed by atoms with Gasteiger partial charge in [0.05, 0.1) is 16.8 Å². The number of amides is 1. The zero-order valence-electron chi connectivity index (χ0n) is 33.8. The van der Waals surface area contributed by atoms with Crippen LogP contribution in [0.2, 0.25) is 0 Å². The molecule has 0 radical (unpaired) electrons. The molecule has 298 valence electrons. The van der Waals surface area contributed by atoms with Gasteiger partial charge in [0.25, 0.3) is 5.91 Å². The van der Waals surface area contributed by atoms with Gasteiger partial charge in [0.2, 0.25) is 0 Å². The summed E-state index contributed by atoms with van der Waals surface area (Å²) in [7, 11) is 0. The fourth-order valence-corrected chi connectivity index (χ4v) is 8.08. The van der Waals surface area contributed by atoms with Crippen molar-refractivity contribution < 1.29 is 28.6 Å². The molecule has 11 heteroatoms. The number of carbonyl (C=O) groups is 3. The first-order chi connectivity index (χ1) is 27.8. The third-order valence-corrected chi connectivity index (χ3v) is 10.9. The number of nitrogens with zero attached hydrogens (tertiary/aromatic N) is 3. The molecule has 0 saturated carbocycles. The second kappa shape index (κ2) is 17.2. The number of para-hydroxylation sites is 1. The summed E-state index contributed by atoms with van der Waals surface area (Å²) in [5.41, 5.74) is 6.24. The Balaban J connectivity index is 1.13. The summed E-state index contributed by atoms with van der Waals surface area (Å²) in [6.45, 7) is 12.8. The molecule has 4 aromatic carbocycles. The quantitative estimate of drug-likeness (QED) is 0.121. The Hall–Kier alpha value is -6.07. The van der Waals surface area contributed by atoms with Crippen LogP contribution in [0.1, 0.15) is 84.1 Å². The molecular formula is C47H48N4O6S. The summed E-state index contributed by atoms with van der Waals surface area (Å²) in [6.07, 6.45) is 1.82. The van der Waals surface area contributed by atoms with Crippen LogP contribution in [0.5, 0.6) is 11.5 Å². The standard InChI is InChI=1S/C47H48N4O6S/c1-7-55-42(52)27-29(2)26-31-18-20-33(21-19-31)56-39-16-11-13-34(30(39)3)35-22-23-41(49-43(35)45(54)57-47(4,5)6)51-25-24-32-12-10-14-36(37(32)28-51)44(53)50-46-48-38-15-8-9-17-40(38)58-46/h8-23,29H,7,24-28H2,1-6H3,(H,48,50,53)/t29-/m0/s1.